The standard InChI is InChI=1S/C23H27N5O.HI/c1-24-23(25-12-10-18-14-26-21-9-5-4-8-20(18)21)27-15-22(29)28-13-11-17-6-2-3-7-19(17)16-28;/h2-9,14,26H,10-13,15-16H2,1H3,(H2,24,25,27);1H. The van der Waals surface area contributed by atoms with E-state index in [1.807, 2.05) is 17.0 Å². The van der Waals surface area contributed by atoms with Crippen LogP contribution in [-0.4, -0.2) is 48.4 Å². The lowest BCUT2D eigenvalue weighted by atomic mass is 10.00. The van der Waals surface area contributed by atoms with Gasteiger partial charge in [-0.3, -0.25) is 9.79 Å². The normalized spacial score (nSPS) is 13.5. The molecule has 0 fully saturated rings. The van der Waals surface area contributed by atoms with Gasteiger partial charge in [0.1, 0.15) is 0 Å². The third kappa shape index (κ3) is 5.13. The predicted molar refractivity (Wildman–Crippen MR) is 132 cm³/mol. The first-order valence-corrected chi connectivity index (χ1v) is 10.1. The van der Waals surface area contributed by atoms with E-state index in [1.165, 1.54) is 22.1 Å². The highest BCUT2D eigenvalue weighted by Crippen LogP contribution is 2.19. The summed E-state index contributed by atoms with van der Waals surface area (Å²) in [5, 5.41) is 7.70. The van der Waals surface area contributed by atoms with E-state index in [0.717, 1.165) is 31.4 Å². The summed E-state index contributed by atoms with van der Waals surface area (Å²) in [5.74, 6) is 0.745. The second-order valence-electron chi connectivity index (χ2n) is 7.30. The molecule has 3 N–H and O–H groups in total. The summed E-state index contributed by atoms with van der Waals surface area (Å²) in [4.78, 5) is 22.1. The van der Waals surface area contributed by atoms with Gasteiger partial charge in [-0.05, 0) is 35.6 Å². The number of nitrogens with zero attached hydrogens (tertiary/aromatic N) is 2. The lowest BCUT2D eigenvalue weighted by molar-refractivity contribution is -0.130. The highest BCUT2D eigenvalue weighted by molar-refractivity contribution is 14.0. The Balaban J connectivity index is 0.00000256. The number of hydrogen-bond donors (Lipinski definition) is 3. The van der Waals surface area contributed by atoms with Crippen molar-refractivity contribution in [1.29, 1.82) is 0 Å². The summed E-state index contributed by atoms with van der Waals surface area (Å²) in [5.41, 5.74) is 5.01. The molecule has 3 aromatic rings. The minimum absolute atomic E-state index is 0. The third-order valence-electron chi connectivity index (χ3n) is 5.48. The molecule has 0 aliphatic carbocycles. The van der Waals surface area contributed by atoms with Crippen molar-refractivity contribution >= 4 is 46.7 Å². The molecule has 2 aromatic carbocycles. The molecule has 0 radical (unpaired) electrons. The van der Waals surface area contributed by atoms with Crippen LogP contribution in [-0.2, 0) is 24.2 Å². The molecule has 1 aromatic heterocycles. The van der Waals surface area contributed by atoms with Gasteiger partial charge in [-0.1, -0.05) is 42.5 Å². The number of nitrogens with one attached hydrogen (secondary N) is 3. The lowest BCUT2D eigenvalue weighted by Crippen LogP contribution is -2.46. The van der Waals surface area contributed by atoms with Crippen molar-refractivity contribution in [2.45, 2.75) is 19.4 Å². The molecule has 0 bridgehead atoms. The fourth-order valence-electron chi connectivity index (χ4n) is 3.85. The first-order valence-electron chi connectivity index (χ1n) is 10.1. The number of hydrogen-bond acceptors (Lipinski definition) is 2. The van der Waals surface area contributed by atoms with Gasteiger partial charge >= 0.3 is 0 Å². The maximum absolute atomic E-state index is 12.6. The summed E-state index contributed by atoms with van der Waals surface area (Å²) in [6.07, 6.45) is 3.85. The van der Waals surface area contributed by atoms with E-state index < -0.39 is 0 Å². The van der Waals surface area contributed by atoms with Gasteiger partial charge in [-0.25, -0.2) is 0 Å². The molecule has 0 saturated heterocycles. The van der Waals surface area contributed by atoms with Crippen molar-refractivity contribution in [1.82, 2.24) is 20.5 Å². The van der Waals surface area contributed by atoms with Gasteiger partial charge in [-0.2, -0.15) is 0 Å². The molecule has 0 saturated carbocycles. The van der Waals surface area contributed by atoms with Crippen LogP contribution >= 0.6 is 24.0 Å². The van der Waals surface area contributed by atoms with Crippen LogP contribution in [0.1, 0.15) is 16.7 Å². The van der Waals surface area contributed by atoms with Crippen LogP contribution < -0.4 is 10.6 Å². The molecule has 0 atom stereocenters. The molecule has 0 spiro atoms. The molecule has 1 amide bonds. The lowest BCUT2D eigenvalue weighted by Gasteiger charge is -2.29. The topological polar surface area (TPSA) is 72.5 Å². The summed E-state index contributed by atoms with van der Waals surface area (Å²) in [6.45, 7) is 2.44. The Hall–Kier alpha value is -2.55. The second-order valence-corrected chi connectivity index (χ2v) is 7.30. The van der Waals surface area contributed by atoms with Gasteiger partial charge in [-0.15, -0.1) is 24.0 Å². The summed E-state index contributed by atoms with van der Waals surface area (Å²) < 4.78 is 0. The van der Waals surface area contributed by atoms with Gasteiger partial charge < -0.3 is 20.5 Å². The number of carbonyl (C=O) groups is 1. The van der Waals surface area contributed by atoms with Crippen molar-refractivity contribution < 1.29 is 4.79 Å². The molecule has 7 heteroatoms. The number of aliphatic imine (C=N–C) groups is 1. The number of rotatable bonds is 5. The zero-order chi connectivity index (χ0) is 20.1. The van der Waals surface area contributed by atoms with E-state index in [9.17, 15) is 4.79 Å². The molecule has 1 aliphatic rings. The Kier molecular flexibility index (Phi) is 7.73. The van der Waals surface area contributed by atoms with Crippen molar-refractivity contribution in [2.75, 3.05) is 26.7 Å². The van der Waals surface area contributed by atoms with E-state index in [-0.39, 0.29) is 36.4 Å². The Morgan fingerprint density at radius 3 is 2.70 bits per heavy atom. The second kappa shape index (κ2) is 10.5. The monoisotopic (exact) mass is 517 g/mol. The molecule has 2 heterocycles. The minimum atomic E-state index is 0. The van der Waals surface area contributed by atoms with E-state index >= 15 is 0 Å². The third-order valence-corrected chi connectivity index (χ3v) is 5.48. The number of amides is 1. The average molecular weight is 517 g/mol. The zero-order valence-corrected chi connectivity index (χ0v) is 19.5. The van der Waals surface area contributed by atoms with Crippen molar-refractivity contribution in [3.63, 3.8) is 0 Å². The van der Waals surface area contributed by atoms with E-state index in [0.29, 0.717) is 12.5 Å². The molecule has 1 aliphatic heterocycles. The number of aromatic nitrogens is 1. The average Bonchev–Trinajstić information content (AvgIpc) is 3.18. The Morgan fingerprint density at radius 1 is 1.10 bits per heavy atom. The van der Waals surface area contributed by atoms with Gasteiger partial charge in [0, 0.05) is 43.8 Å². The fraction of sp³-hybridized carbons (Fsp3) is 0.304. The minimum Gasteiger partial charge on any atom is -0.361 e. The number of H-pyrrole nitrogens is 1. The van der Waals surface area contributed by atoms with Crippen LogP contribution in [0.3, 0.4) is 0 Å². The maximum Gasteiger partial charge on any atom is 0.242 e. The Labute approximate surface area is 194 Å². The number of halogens is 1. The zero-order valence-electron chi connectivity index (χ0n) is 17.1. The number of guanidine groups is 1. The van der Waals surface area contributed by atoms with E-state index in [1.54, 1.807) is 7.05 Å². The van der Waals surface area contributed by atoms with Crippen LogP contribution in [0.15, 0.2) is 59.7 Å². The molecule has 158 valence electrons. The van der Waals surface area contributed by atoms with Gasteiger partial charge in [0.2, 0.25) is 5.91 Å². The van der Waals surface area contributed by atoms with Gasteiger partial charge in [0.15, 0.2) is 5.96 Å². The van der Waals surface area contributed by atoms with Crippen LogP contribution in [0.25, 0.3) is 10.9 Å². The van der Waals surface area contributed by atoms with Crippen molar-refractivity contribution in [2.24, 2.45) is 4.99 Å². The van der Waals surface area contributed by atoms with Crippen molar-refractivity contribution in [3.8, 4) is 0 Å². The van der Waals surface area contributed by atoms with E-state index in [4.69, 9.17) is 0 Å². The molecular weight excluding hydrogens is 489 g/mol. The smallest absolute Gasteiger partial charge is 0.242 e. The quantitative estimate of drug-likeness (QED) is 0.277. The highest BCUT2D eigenvalue weighted by atomic mass is 127. The molecule has 30 heavy (non-hydrogen) atoms. The van der Waals surface area contributed by atoms with Crippen LogP contribution in [0.2, 0.25) is 0 Å². The van der Waals surface area contributed by atoms with Crippen LogP contribution in [0.4, 0.5) is 0 Å². The summed E-state index contributed by atoms with van der Waals surface area (Å²) in [7, 11) is 1.72. The first-order chi connectivity index (χ1) is 14.2. The van der Waals surface area contributed by atoms with Crippen LogP contribution in [0.5, 0.6) is 0 Å². The molecular formula is C23H28IN5O. The molecule has 4 rings (SSSR count). The fourth-order valence-corrected chi connectivity index (χ4v) is 3.85. The largest absolute Gasteiger partial charge is 0.361 e. The Bertz CT molecular complexity index is 1030. The number of fused-ring (bicyclic) bond motifs is 2. The van der Waals surface area contributed by atoms with E-state index in [2.05, 4.69) is 63.2 Å². The molecule has 0 unspecified atom stereocenters. The predicted octanol–water partition coefficient (Wildman–Crippen LogP) is 3.08. The number of carbonyl (C=O) groups excluding carboxylic acids is 1. The SMILES string of the molecule is CN=C(NCCc1c[nH]c2ccccc12)NCC(=O)N1CCc2ccccc2C1.I. The highest BCUT2D eigenvalue weighted by Gasteiger charge is 2.20. The van der Waals surface area contributed by atoms with Gasteiger partial charge in [0.05, 0.1) is 6.54 Å². The molecule has 6 nitrogen and oxygen atoms in total. The Morgan fingerprint density at radius 2 is 1.87 bits per heavy atom. The summed E-state index contributed by atoms with van der Waals surface area (Å²) >= 11 is 0. The summed E-state index contributed by atoms with van der Waals surface area (Å²) in [6, 6.07) is 16.6. The maximum atomic E-state index is 12.6. The van der Waals surface area contributed by atoms with Crippen LogP contribution in [0, 0.1) is 0 Å². The van der Waals surface area contributed by atoms with Gasteiger partial charge in [0.25, 0.3) is 0 Å². The van der Waals surface area contributed by atoms with Crippen molar-refractivity contribution in [3.05, 3.63) is 71.4 Å². The number of para-hydroxylation sites is 1. The number of benzene rings is 2. The first kappa shape index (κ1) is 22.1. The number of aromatic amines is 1.